The highest BCUT2D eigenvalue weighted by atomic mass is 15.3. The first kappa shape index (κ1) is 17.3. The zero-order valence-corrected chi connectivity index (χ0v) is 15.2. The quantitative estimate of drug-likeness (QED) is 0.708. The molecule has 3 N–H and O–H groups in total. The van der Waals surface area contributed by atoms with E-state index in [1.165, 1.54) is 0 Å². The van der Waals surface area contributed by atoms with Crippen LogP contribution in [0, 0.1) is 0 Å². The van der Waals surface area contributed by atoms with Gasteiger partial charge < -0.3 is 11.1 Å². The Hall–Kier alpha value is -3.07. The van der Waals surface area contributed by atoms with Crippen molar-refractivity contribution in [3.05, 3.63) is 48.8 Å². The number of nitrogen functional groups attached to an aromatic ring is 1. The SMILES string of the molecule is CC(c1nc(N)nc(Nc2ccccc2)n1)N1CCC(n2cncn2)CC1. The molecule has 1 saturated heterocycles. The Labute approximate surface area is 157 Å². The van der Waals surface area contributed by atoms with Crippen LogP contribution in [0.4, 0.5) is 17.6 Å². The fourth-order valence-corrected chi connectivity index (χ4v) is 3.41. The molecule has 9 nitrogen and oxygen atoms in total. The topological polar surface area (TPSA) is 111 Å². The van der Waals surface area contributed by atoms with Gasteiger partial charge in [-0.1, -0.05) is 18.2 Å². The number of nitrogens with one attached hydrogen (secondary N) is 1. The molecule has 2 aromatic heterocycles. The van der Waals surface area contributed by atoms with Gasteiger partial charge in [0.25, 0.3) is 0 Å². The Balaban J connectivity index is 1.45. The summed E-state index contributed by atoms with van der Waals surface area (Å²) in [6, 6.07) is 10.2. The summed E-state index contributed by atoms with van der Waals surface area (Å²) in [5.74, 6) is 1.37. The van der Waals surface area contributed by atoms with Gasteiger partial charge in [0, 0.05) is 18.8 Å². The van der Waals surface area contributed by atoms with Gasteiger partial charge in [0.1, 0.15) is 12.7 Å². The van der Waals surface area contributed by atoms with Crippen molar-refractivity contribution in [3.63, 3.8) is 0 Å². The Morgan fingerprint density at radius 1 is 1.11 bits per heavy atom. The lowest BCUT2D eigenvalue weighted by Gasteiger charge is -2.35. The van der Waals surface area contributed by atoms with Crippen molar-refractivity contribution in [2.24, 2.45) is 0 Å². The van der Waals surface area contributed by atoms with Crippen LogP contribution in [0.25, 0.3) is 0 Å². The number of likely N-dealkylation sites (tertiary alicyclic amines) is 1. The van der Waals surface area contributed by atoms with E-state index in [1.54, 1.807) is 12.7 Å². The molecular formula is C18H23N9. The lowest BCUT2D eigenvalue weighted by molar-refractivity contribution is 0.134. The molecule has 4 rings (SSSR count). The number of nitrogens with two attached hydrogens (primary N) is 1. The van der Waals surface area contributed by atoms with Gasteiger partial charge >= 0.3 is 0 Å². The highest BCUT2D eigenvalue weighted by molar-refractivity contribution is 5.53. The van der Waals surface area contributed by atoms with Gasteiger partial charge in [0.15, 0.2) is 5.82 Å². The second kappa shape index (κ2) is 7.67. The fourth-order valence-electron chi connectivity index (χ4n) is 3.41. The van der Waals surface area contributed by atoms with Crippen LogP contribution in [0.2, 0.25) is 0 Å². The van der Waals surface area contributed by atoms with Crippen molar-refractivity contribution in [1.82, 2.24) is 34.6 Å². The van der Waals surface area contributed by atoms with Crippen LogP contribution < -0.4 is 11.1 Å². The number of anilines is 3. The first-order valence-electron chi connectivity index (χ1n) is 9.11. The van der Waals surface area contributed by atoms with Gasteiger partial charge in [0.2, 0.25) is 11.9 Å². The molecule has 1 fully saturated rings. The molecule has 0 amide bonds. The van der Waals surface area contributed by atoms with Crippen molar-refractivity contribution in [2.75, 3.05) is 24.1 Å². The maximum Gasteiger partial charge on any atom is 0.232 e. The van der Waals surface area contributed by atoms with Crippen molar-refractivity contribution in [3.8, 4) is 0 Å². The molecule has 140 valence electrons. The van der Waals surface area contributed by atoms with Crippen molar-refractivity contribution in [2.45, 2.75) is 31.8 Å². The second-order valence-corrected chi connectivity index (χ2v) is 6.69. The van der Waals surface area contributed by atoms with Gasteiger partial charge in [-0.2, -0.15) is 20.1 Å². The minimum atomic E-state index is 0.0586. The number of hydrogen-bond donors (Lipinski definition) is 2. The van der Waals surface area contributed by atoms with Crippen LogP contribution in [0.15, 0.2) is 43.0 Å². The minimum Gasteiger partial charge on any atom is -0.368 e. The summed E-state index contributed by atoms with van der Waals surface area (Å²) < 4.78 is 1.95. The molecule has 1 aliphatic rings. The van der Waals surface area contributed by atoms with E-state index in [0.717, 1.165) is 31.6 Å². The van der Waals surface area contributed by atoms with Crippen molar-refractivity contribution < 1.29 is 0 Å². The van der Waals surface area contributed by atoms with Crippen LogP contribution >= 0.6 is 0 Å². The second-order valence-electron chi connectivity index (χ2n) is 6.69. The number of nitrogens with zero attached hydrogens (tertiary/aromatic N) is 7. The molecule has 1 aliphatic heterocycles. The number of benzene rings is 1. The Bertz CT molecular complexity index is 858. The lowest BCUT2D eigenvalue weighted by atomic mass is 10.0. The average molecular weight is 365 g/mol. The first-order chi connectivity index (χ1) is 13.2. The molecule has 3 heterocycles. The summed E-state index contributed by atoms with van der Waals surface area (Å²) >= 11 is 0. The standard InChI is InChI=1S/C18H23N9/c1-13(26-9-7-15(8-10-26)27-12-20-11-21-27)16-23-17(19)25-18(24-16)22-14-5-3-2-4-6-14/h2-6,11-13,15H,7-10H2,1H3,(H3,19,22,23,24,25). The number of aromatic nitrogens is 6. The molecule has 9 heteroatoms. The number of rotatable bonds is 5. The highest BCUT2D eigenvalue weighted by Gasteiger charge is 2.26. The molecule has 27 heavy (non-hydrogen) atoms. The zero-order valence-electron chi connectivity index (χ0n) is 15.2. The van der Waals surface area contributed by atoms with Crippen LogP contribution in [0.3, 0.4) is 0 Å². The maximum absolute atomic E-state index is 5.93. The predicted octanol–water partition coefficient (Wildman–Crippen LogP) is 2.19. The molecule has 1 unspecified atom stereocenters. The molecule has 0 aliphatic carbocycles. The van der Waals surface area contributed by atoms with Crippen molar-refractivity contribution >= 4 is 17.6 Å². The van der Waals surface area contributed by atoms with Gasteiger partial charge in [-0.3, -0.25) is 4.90 Å². The smallest absolute Gasteiger partial charge is 0.232 e. The summed E-state index contributed by atoms with van der Waals surface area (Å²) in [5.41, 5.74) is 6.84. The third kappa shape index (κ3) is 4.03. The van der Waals surface area contributed by atoms with E-state index in [4.69, 9.17) is 5.73 Å². The summed E-state index contributed by atoms with van der Waals surface area (Å²) in [4.78, 5) is 19.6. The summed E-state index contributed by atoms with van der Waals surface area (Å²) in [5, 5.41) is 7.45. The average Bonchev–Trinajstić information content (AvgIpc) is 3.23. The lowest BCUT2D eigenvalue weighted by Crippen LogP contribution is -2.37. The summed E-state index contributed by atoms with van der Waals surface area (Å²) in [6.45, 7) is 3.99. The van der Waals surface area contributed by atoms with Gasteiger partial charge in [-0.05, 0) is 31.9 Å². The third-order valence-corrected chi connectivity index (χ3v) is 4.93. The van der Waals surface area contributed by atoms with E-state index in [-0.39, 0.29) is 12.0 Å². The van der Waals surface area contributed by atoms with Gasteiger partial charge in [-0.15, -0.1) is 0 Å². The Morgan fingerprint density at radius 2 is 1.89 bits per heavy atom. The largest absolute Gasteiger partial charge is 0.368 e. The molecular weight excluding hydrogens is 342 g/mol. The van der Waals surface area contributed by atoms with E-state index < -0.39 is 0 Å². The van der Waals surface area contributed by atoms with Gasteiger partial charge in [-0.25, -0.2) is 9.67 Å². The van der Waals surface area contributed by atoms with E-state index in [9.17, 15) is 0 Å². The molecule has 1 atom stereocenters. The van der Waals surface area contributed by atoms with E-state index in [2.05, 4.69) is 42.2 Å². The number of para-hydroxylation sites is 1. The normalized spacial score (nSPS) is 16.9. The summed E-state index contributed by atoms with van der Waals surface area (Å²) in [7, 11) is 0. The number of hydrogen-bond acceptors (Lipinski definition) is 8. The molecule has 1 aromatic carbocycles. The molecule has 0 spiro atoms. The third-order valence-electron chi connectivity index (χ3n) is 4.93. The van der Waals surface area contributed by atoms with Crippen molar-refractivity contribution in [1.29, 1.82) is 0 Å². The highest BCUT2D eigenvalue weighted by Crippen LogP contribution is 2.27. The van der Waals surface area contributed by atoms with E-state index in [0.29, 0.717) is 17.8 Å². The van der Waals surface area contributed by atoms with Gasteiger partial charge in [0.05, 0.1) is 12.1 Å². The Kier molecular flexibility index (Phi) is 4.93. The number of piperidine rings is 1. The van der Waals surface area contributed by atoms with Crippen LogP contribution in [-0.4, -0.2) is 47.7 Å². The first-order valence-corrected chi connectivity index (χ1v) is 9.11. The zero-order chi connectivity index (χ0) is 18.6. The fraction of sp³-hybridized carbons (Fsp3) is 0.389. The molecule has 0 saturated carbocycles. The predicted molar refractivity (Wildman–Crippen MR) is 102 cm³/mol. The minimum absolute atomic E-state index is 0.0586. The van der Waals surface area contributed by atoms with E-state index >= 15 is 0 Å². The molecule has 3 aromatic rings. The maximum atomic E-state index is 5.93. The monoisotopic (exact) mass is 365 g/mol. The van der Waals surface area contributed by atoms with Crippen LogP contribution in [-0.2, 0) is 0 Å². The molecule has 0 bridgehead atoms. The Morgan fingerprint density at radius 3 is 2.59 bits per heavy atom. The van der Waals surface area contributed by atoms with Crippen LogP contribution in [0.5, 0.6) is 0 Å². The summed E-state index contributed by atoms with van der Waals surface area (Å²) in [6.07, 6.45) is 5.41. The van der Waals surface area contributed by atoms with E-state index in [1.807, 2.05) is 35.0 Å². The van der Waals surface area contributed by atoms with Crippen LogP contribution in [0.1, 0.15) is 37.7 Å². The molecule has 0 radical (unpaired) electrons.